The van der Waals surface area contributed by atoms with Gasteiger partial charge >= 0.3 is 0 Å². The van der Waals surface area contributed by atoms with Gasteiger partial charge in [-0.1, -0.05) is 5.16 Å². The highest BCUT2D eigenvalue weighted by Crippen LogP contribution is 2.31. The Morgan fingerprint density at radius 1 is 1.62 bits per heavy atom. The lowest BCUT2D eigenvalue weighted by atomic mass is 10.1. The van der Waals surface area contributed by atoms with Crippen molar-refractivity contribution in [1.82, 2.24) is 10.1 Å². The molecule has 0 N–H and O–H groups in total. The quantitative estimate of drug-likeness (QED) is 0.720. The predicted octanol–water partition coefficient (Wildman–Crippen LogP) is 2.57. The monoisotopic (exact) mass is 210 g/mol. The van der Waals surface area contributed by atoms with Crippen LogP contribution in [0.1, 0.15) is 31.5 Å². The molecule has 0 spiro atoms. The largest absolute Gasteiger partial charge is 0.339 e. The van der Waals surface area contributed by atoms with Crippen LogP contribution in [0.5, 0.6) is 0 Å². The number of hydrogen-bond acceptors (Lipinski definition) is 3. The highest BCUT2D eigenvalue weighted by molar-refractivity contribution is 6.16. The van der Waals surface area contributed by atoms with Gasteiger partial charge in [-0.25, -0.2) is 8.78 Å². The molecule has 1 aromatic rings. The van der Waals surface area contributed by atoms with Crippen molar-refractivity contribution in [1.29, 1.82) is 0 Å². The molecule has 0 saturated heterocycles. The van der Waals surface area contributed by atoms with Crippen LogP contribution in [0.15, 0.2) is 4.52 Å². The summed E-state index contributed by atoms with van der Waals surface area (Å²) >= 11 is 5.39. The molecule has 0 aliphatic rings. The molecule has 0 aliphatic heterocycles. The van der Waals surface area contributed by atoms with Crippen LogP contribution in [0.3, 0.4) is 0 Å². The number of aromatic nitrogens is 2. The minimum Gasteiger partial charge on any atom is -0.339 e. The molecule has 0 fully saturated rings. The first-order valence-corrected chi connectivity index (χ1v) is 4.25. The maximum atomic E-state index is 12.8. The maximum absolute atomic E-state index is 12.8. The van der Waals surface area contributed by atoms with E-state index in [1.165, 1.54) is 6.92 Å². The molecule has 1 atom stereocenters. The lowest BCUT2D eigenvalue weighted by molar-refractivity contribution is -0.0114. The zero-order valence-corrected chi connectivity index (χ0v) is 7.98. The van der Waals surface area contributed by atoms with E-state index in [9.17, 15) is 8.78 Å². The van der Waals surface area contributed by atoms with Crippen molar-refractivity contribution in [3.8, 4) is 0 Å². The van der Waals surface area contributed by atoms with Crippen LogP contribution in [0.4, 0.5) is 8.78 Å². The van der Waals surface area contributed by atoms with Gasteiger partial charge in [-0.05, 0) is 6.92 Å². The highest BCUT2D eigenvalue weighted by Gasteiger charge is 2.35. The third-order valence-electron chi connectivity index (χ3n) is 1.73. The Hall–Kier alpha value is -0.710. The molecule has 3 nitrogen and oxygen atoms in total. The molecule has 1 aromatic heterocycles. The zero-order valence-electron chi connectivity index (χ0n) is 7.22. The lowest BCUT2D eigenvalue weighted by Gasteiger charge is -2.14. The fourth-order valence-electron chi connectivity index (χ4n) is 0.714. The standard InChI is InChI=1S/C7H9ClF2N2O/c1-4(7(2,9)10)6-11-5(3-8)12-13-6/h4H,3H2,1-2H3. The molecule has 0 aliphatic carbocycles. The summed E-state index contributed by atoms with van der Waals surface area (Å²) in [6.45, 7) is 2.13. The van der Waals surface area contributed by atoms with Gasteiger partial charge in [0.15, 0.2) is 5.82 Å². The van der Waals surface area contributed by atoms with E-state index in [1.54, 1.807) is 0 Å². The third-order valence-corrected chi connectivity index (χ3v) is 1.97. The van der Waals surface area contributed by atoms with Gasteiger partial charge in [0.1, 0.15) is 0 Å². The van der Waals surface area contributed by atoms with Gasteiger partial charge in [0, 0.05) is 6.92 Å². The van der Waals surface area contributed by atoms with Gasteiger partial charge in [-0.15, -0.1) is 11.6 Å². The molecular weight excluding hydrogens is 202 g/mol. The van der Waals surface area contributed by atoms with Crippen molar-refractivity contribution in [2.45, 2.75) is 31.6 Å². The number of rotatable bonds is 3. The second-order valence-corrected chi connectivity index (χ2v) is 3.13. The third kappa shape index (κ3) is 2.37. The van der Waals surface area contributed by atoms with E-state index < -0.39 is 11.8 Å². The van der Waals surface area contributed by atoms with Crippen molar-refractivity contribution in [2.75, 3.05) is 0 Å². The van der Waals surface area contributed by atoms with Crippen molar-refractivity contribution in [3.63, 3.8) is 0 Å². The number of halogens is 3. The Morgan fingerprint density at radius 2 is 2.23 bits per heavy atom. The molecule has 6 heteroatoms. The fraction of sp³-hybridized carbons (Fsp3) is 0.714. The number of hydrogen-bond donors (Lipinski definition) is 0. The van der Waals surface area contributed by atoms with Gasteiger partial charge < -0.3 is 4.52 Å². The summed E-state index contributed by atoms with van der Waals surface area (Å²) in [6, 6.07) is 0. The Labute approximate surface area is 79.1 Å². The zero-order chi connectivity index (χ0) is 10.1. The van der Waals surface area contributed by atoms with E-state index in [0.717, 1.165) is 6.92 Å². The first-order chi connectivity index (χ1) is 5.95. The minimum absolute atomic E-state index is 0.0610. The van der Waals surface area contributed by atoms with Crippen molar-refractivity contribution >= 4 is 11.6 Å². The van der Waals surface area contributed by atoms with Crippen molar-refractivity contribution < 1.29 is 13.3 Å². The highest BCUT2D eigenvalue weighted by atomic mass is 35.5. The van der Waals surface area contributed by atoms with E-state index in [0.29, 0.717) is 0 Å². The molecule has 0 aromatic carbocycles. The molecule has 0 saturated carbocycles. The SMILES string of the molecule is CC(c1nc(CCl)no1)C(C)(F)F. The fourth-order valence-corrected chi connectivity index (χ4v) is 0.823. The van der Waals surface area contributed by atoms with Crippen molar-refractivity contribution in [2.24, 2.45) is 0 Å². The second kappa shape index (κ2) is 3.57. The summed E-state index contributed by atoms with van der Waals surface area (Å²) in [6.07, 6.45) is 0. The molecule has 0 amide bonds. The predicted molar refractivity (Wildman–Crippen MR) is 42.9 cm³/mol. The Bertz CT molecular complexity index is 284. The number of nitrogens with zero attached hydrogens (tertiary/aromatic N) is 2. The average molecular weight is 211 g/mol. The van der Waals surface area contributed by atoms with Crippen molar-refractivity contribution in [3.05, 3.63) is 11.7 Å². The normalized spacial score (nSPS) is 14.5. The van der Waals surface area contributed by atoms with Gasteiger partial charge in [0.05, 0.1) is 11.8 Å². The average Bonchev–Trinajstić information content (AvgIpc) is 2.48. The van der Waals surface area contributed by atoms with Crippen LogP contribution < -0.4 is 0 Å². The van der Waals surface area contributed by atoms with Crippen LogP contribution in [-0.4, -0.2) is 16.1 Å². The summed E-state index contributed by atoms with van der Waals surface area (Å²) in [5.41, 5.74) is 0. The molecule has 1 heterocycles. The second-order valence-electron chi connectivity index (χ2n) is 2.86. The van der Waals surface area contributed by atoms with E-state index in [-0.39, 0.29) is 17.6 Å². The van der Waals surface area contributed by atoms with Gasteiger partial charge in [-0.2, -0.15) is 4.98 Å². The molecule has 1 unspecified atom stereocenters. The number of alkyl halides is 3. The smallest absolute Gasteiger partial charge is 0.256 e. The van der Waals surface area contributed by atoms with Crippen LogP contribution in [0.25, 0.3) is 0 Å². The molecule has 13 heavy (non-hydrogen) atoms. The Morgan fingerprint density at radius 3 is 2.62 bits per heavy atom. The Kier molecular flexibility index (Phi) is 2.85. The first-order valence-electron chi connectivity index (χ1n) is 3.71. The maximum Gasteiger partial charge on any atom is 0.256 e. The molecule has 0 radical (unpaired) electrons. The summed E-state index contributed by atoms with van der Waals surface area (Å²) < 4.78 is 30.1. The summed E-state index contributed by atoms with van der Waals surface area (Å²) in [4.78, 5) is 3.71. The molecular formula is C7H9ClF2N2O. The topological polar surface area (TPSA) is 38.9 Å². The molecule has 74 valence electrons. The van der Waals surface area contributed by atoms with Gasteiger partial charge in [0.2, 0.25) is 5.89 Å². The Balaban J connectivity index is 2.83. The summed E-state index contributed by atoms with van der Waals surface area (Å²) in [5, 5.41) is 3.42. The lowest BCUT2D eigenvalue weighted by Crippen LogP contribution is -2.19. The van der Waals surface area contributed by atoms with Gasteiger partial charge in [0.25, 0.3) is 5.92 Å². The van der Waals surface area contributed by atoms with Crippen LogP contribution in [0.2, 0.25) is 0 Å². The van der Waals surface area contributed by atoms with E-state index in [1.807, 2.05) is 0 Å². The van der Waals surface area contributed by atoms with Crippen LogP contribution >= 0.6 is 11.6 Å². The first kappa shape index (κ1) is 10.4. The van der Waals surface area contributed by atoms with Crippen LogP contribution in [-0.2, 0) is 5.88 Å². The summed E-state index contributed by atoms with van der Waals surface area (Å²) in [7, 11) is 0. The van der Waals surface area contributed by atoms with E-state index in [4.69, 9.17) is 11.6 Å². The van der Waals surface area contributed by atoms with E-state index >= 15 is 0 Å². The van der Waals surface area contributed by atoms with Gasteiger partial charge in [-0.3, -0.25) is 0 Å². The molecule has 1 rings (SSSR count). The van der Waals surface area contributed by atoms with Crippen LogP contribution in [0, 0.1) is 0 Å². The minimum atomic E-state index is -2.86. The van der Waals surface area contributed by atoms with E-state index in [2.05, 4.69) is 14.7 Å². The molecule has 0 bridgehead atoms. The summed E-state index contributed by atoms with van der Waals surface area (Å²) in [5.74, 6) is -3.74.